The van der Waals surface area contributed by atoms with Gasteiger partial charge in [0.05, 0.1) is 12.3 Å². The quantitative estimate of drug-likeness (QED) is 0.291. The van der Waals surface area contributed by atoms with Crippen LogP contribution in [0.5, 0.6) is 0 Å². The molecule has 2 N–H and O–H groups in total. The van der Waals surface area contributed by atoms with Crippen LogP contribution in [0.15, 0.2) is 23.3 Å². The second kappa shape index (κ2) is 12.2. The molecule has 0 radical (unpaired) electrons. The first-order chi connectivity index (χ1) is 21.5. The number of hydrogen-bond donors (Lipinski definition) is 2. The molecule has 10 atom stereocenters. The lowest BCUT2D eigenvalue weighted by atomic mass is 9.34. The number of halogens is 1. The van der Waals surface area contributed by atoms with Gasteiger partial charge in [-0.3, -0.25) is 4.39 Å². The molecule has 0 bridgehead atoms. The fourth-order valence-corrected chi connectivity index (χ4v) is 14.7. The van der Waals surface area contributed by atoms with Crippen molar-refractivity contribution < 1.29 is 9.50 Å². The van der Waals surface area contributed by atoms with Crippen LogP contribution < -0.4 is 5.32 Å². The van der Waals surface area contributed by atoms with Gasteiger partial charge in [0.15, 0.2) is 0 Å². The Morgan fingerprint density at radius 2 is 1.67 bits per heavy atom. The van der Waals surface area contributed by atoms with Crippen molar-refractivity contribution in [1.29, 1.82) is 0 Å². The zero-order chi connectivity index (χ0) is 31.7. The molecule has 7 aliphatic carbocycles. The van der Waals surface area contributed by atoms with Gasteiger partial charge in [-0.15, -0.1) is 0 Å². The van der Waals surface area contributed by atoms with E-state index in [9.17, 15) is 9.50 Å². The number of rotatable bonds is 7. The van der Waals surface area contributed by atoms with Gasteiger partial charge >= 0.3 is 0 Å². The van der Waals surface area contributed by atoms with Gasteiger partial charge in [-0.1, -0.05) is 46.3 Å². The fraction of sp³-hybridized carbons (Fsp3) is 0.902. The molecule has 7 aliphatic rings. The van der Waals surface area contributed by atoms with Crippen LogP contribution in [0.4, 0.5) is 4.39 Å². The Morgan fingerprint density at radius 1 is 0.867 bits per heavy atom. The third-order valence-electron chi connectivity index (χ3n) is 16.9. The van der Waals surface area contributed by atoms with Gasteiger partial charge in [-0.05, 0) is 185 Å². The van der Waals surface area contributed by atoms with Crippen LogP contribution in [-0.2, 0) is 0 Å². The predicted octanol–water partition coefficient (Wildman–Crippen LogP) is 10.5. The minimum absolute atomic E-state index is 0.153. The molecular weight excluding hydrogens is 574 g/mol. The van der Waals surface area contributed by atoms with E-state index in [4.69, 9.17) is 0 Å². The van der Waals surface area contributed by atoms with E-state index in [0.29, 0.717) is 27.7 Å². The van der Waals surface area contributed by atoms with E-state index in [1.807, 2.05) is 11.8 Å². The summed E-state index contributed by atoms with van der Waals surface area (Å²) < 4.78 is 13.3. The molecule has 5 saturated carbocycles. The first-order valence-corrected chi connectivity index (χ1v) is 20.8. The normalized spacial score (nSPS) is 51.3. The fourth-order valence-electron chi connectivity index (χ4n) is 14.0. The molecule has 0 aromatic carbocycles. The van der Waals surface area contributed by atoms with Crippen LogP contribution in [0.1, 0.15) is 143 Å². The molecule has 0 heterocycles. The molecule has 2 nitrogen and oxygen atoms in total. The molecule has 7 rings (SSSR count). The molecule has 0 aromatic rings. The molecule has 0 saturated heterocycles. The first-order valence-electron chi connectivity index (χ1n) is 19.5. The lowest BCUT2D eigenvalue weighted by molar-refractivity contribution is -0.212. The largest absolute Gasteiger partial charge is 0.390 e. The molecular formula is C41H66FNOS. The van der Waals surface area contributed by atoms with Crippen LogP contribution in [0.2, 0.25) is 0 Å². The monoisotopic (exact) mass is 639 g/mol. The van der Waals surface area contributed by atoms with Crippen molar-refractivity contribution in [2.45, 2.75) is 160 Å². The highest BCUT2D eigenvalue weighted by atomic mass is 32.2. The molecule has 254 valence electrons. The van der Waals surface area contributed by atoms with Crippen LogP contribution >= 0.6 is 11.8 Å². The highest BCUT2D eigenvalue weighted by Crippen LogP contribution is 2.75. The minimum Gasteiger partial charge on any atom is -0.390 e. The van der Waals surface area contributed by atoms with E-state index in [1.54, 1.807) is 11.1 Å². The first kappa shape index (κ1) is 33.2. The molecule has 4 heteroatoms. The summed E-state index contributed by atoms with van der Waals surface area (Å²) in [5, 5.41) is 16.4. The molecule has 5 fully saturated rings. The number of alkyl halides is 1. The predicted molar refractivity (Wildman–Crippen MR) is 189 cm³/mol. The van der Waals surface area contributed by atoms with Gasteiger partial charge in [-0.2, -0.15) is 11.8 Å². The summed E-state index contributed by atoms with van der Waals surface area (Å²) in [4.78, 5) is 0. The Morgan fingerprint density at radius 3 is 2.38 bits per heavy atom. The van der Waals surface area contributed by atoms with Gasteiger partial charge in [0.1, 0.15) is 0 Å². The third kappa shape index (κ3) is 5.30. The molecule has 45 heavy (non-hydrogen) atoms. The van der Waals surface area contributed by atoms with Crippen molar-refractivity contribution in [3.63, 3.8) is 0 Å². The zero-order valence-corrected chi connectivity index (χ0v) is 30.4. The summed E-state index contributed by atoms with van der Waals surface area (Å²) >= 11 is 1.99. The van der Waals surface area contributed by atoms with Crippen LogP contribution in [0.3, 0.4) is 0 Å². The molecule has 0 spiro atoms. The smallest absolute Gasteiger partial charge is 0.0925 e. The van der Waals surface area contributed by atoms with Crippen molar-refractivity contribution in [1.82, 2.24) is 5.32 Å². The molecule has 0 amide bonds. The van der Waals surface area contributed by atoms with Gasteiger partial charge in [0.25, 0.3) is 0 Å². The molecule has 8 unspecified atom stereocenters. The van der Waals surface area contributed by atoms with E-state index >= 15 is 0 Å². The standard InChI is InChI=1S/C41H66FNOS/c1-28-32(30-10-8-29(27-42)9-11-30)16-19-37(2)33(28)17-20-39(4)36(37)13-12-34-35-7-6-18-41(35,24-23-38(34,39)3)43-26-25-40(44)21-14-31(45-5)15-22-40/h10,16,28-29,31,33-36,43-44H,6-9,11-15,17-27H2,1-5H3/t28?,29?,31-,33?,34?,35-,36?,37?,38-,39?,40+,41?/m1/s1. The second-order valence-electron chi connectivity index (χ2n) is 18.4. The number of aliphatic hydroxyl groups is 1. The minimum atomic E-state index is -0.442. The summed E-state index contributed by atoms with van der Waals surface area (Å²) in [5.41, 5.74) is 4.32. The second-order valence-corrected chi connectivity index (χ2v) is 19.5. The highest BCUT2D eigenvalue weighted by Gasteiger charge is 2.68. The Bertz CT molecular complexity index is 1160. The lowest BCUT2D eigenvalue weighted by Gasteiger charge is -2.71. The number of nitrogens with one attached hydrogen (secondary N) is 1. The van der Waals surface area contributed by atoms with E-state index in [2.05, 4.69) is 51.4 Å². The number of thioether (sulfide) groups is 1. The van der Waals surface area contributed by atoms with Crippen molar-refractivity contribution in [3.05, 3.63) is 23.3 Å². The summed E-state index contributed by atoms with van der Waals surface area (Å²) in [6.45, 7) is 11.6. The summed E-state index contributed by atoms with van der Waals surface area (Å²) in [5.74, 6) is 4.13. The van der Waals surface area contributed by atoms with Crippen molar-refractivity contribution in [2.75, 3.05) is 19.5 Å². The summed E-state index contributed by atoms with van der Waals surface area (Å²) in [7, 11) is 0. The Balaban J connectivity index is 1.06. The van der Waals surface area contributed by atoms with E-state index in [0.717, 1.165) is 74.0 Å². The number of fused-ring (bicyclic) bond motifs is 7. The van der Waals surface area contributed by atoms with Gasteiger partial charge in [0, 0.05) is 10.8 Å². The Kier molecular flexibility index (Phi) is 9.02. The maximum atomic E-state index is 13.3. The summed E-state index contributed by atoms with van der Waals surface area (Å²) in [6, 6.07) is 0. The van der Waals surface area contributed by atoms with Crippen LogP contribution in [0.25, 0.3) is 0 Å². The van der Waals surface area contributed by atoms with E-state index in [1.165, 1.54) is 77.0 Å². The highest BCUT2D eigenvalue weighted by molar-refractivity contribution is 7.99. The Hall–Kier alpha value is -0.320. The number of hydrogen-bond acceptors (Lipinski definition) is 3. The third-order valence-corrected chi connectivity index (χ3v) is 18.1. The summed E-state index contributed by atoms with van der Waals surface area (Å²) in [6.07, 6.45) is 29.4. The zero-order valence-electron chi connectivity index (χ0n) is 29.6. The molecule has 0 aliphatic heterocycles. The van der Waals surface area contributed by atoms with Gasteiger partial charge in [-0.25, -0.2) is 0 Å². The SMILES string of the molecule is CS[C@H]1CC[C@](O)(CCNC23CCC[C@@H]2C2CCC4C5(C)CC=C(C6=CCC(CF)CC6)C(C)C5CCC4(C)[C@]2(C)CC3)CC1. The van der Waals surface area contributed by atoms with Gasteiger partial charge < -0.3 is 10.4 Å². The Labute approximate surface area is 280 Å². The van der Waals surface area contributed by atoms with Crippen molar-refractivity contribution in [2.24, 2.45) is 51.8 Å². The average molecular weight is 640 g/mol. The van der Waals surface area contributed by atoms with Crippen LogP contribution in [-0.4, -0.2) is 41.0 Å². The maximum absolute atomic E-state index is 13.3. The topological polar surface area (TPSA) is 32.3 Å². The average Bonchev–Trinajstić information content (AvgIpc) is 3.46. The maximum Gasteiger partial charge on any atom is 0.0925 e. The van der Waals surface area contributed by atoms with Crippen molar-refractivity contribution >= 4 is 11.8 Å². The molecule has 0 aromatic heterocycles. The van der Waals surface area contributed by atoms with Crippen LogP contribution in [0, 0.1) is 51.8 Å². The van der Waals surface area contributed by atoms with Gasteiger partial charge in [0.2, 0.25) is 0 Å². The van der Waals surface area contributed by atoms with Crippen molar-refractivity contribution in [3.8, 4) is 0 Å². The lowest BCUT2D eigenvalue weighted by Crippen LogP contribution is -2.67. The van der Waals surface area contributed by atoms with E-state index < -0.39 is 5.60 Å². The van der Waals surface area contributed by atoms with E-state index in [-0.39, 0.29) is 12.6 Å². The number of allylic oxidation sites excluding steroid dienone is 4.